The lowest BCUT2D eigenvalue weighted by molar-refractivity contribution is -0.384. The molecule has 30 heavy (non-hydrogen) atoms. The topological polar surface area (TPSA) is 95.8 Å². The van der Waals surface area contributed by atoms with E-state index < -0.39 is 4.92 Å². The number of non-ortho nitro benzene ring substituents is 1. The smallest absolute Gasteiger partial charge is 0.270 e. The molecule has 0 bridgehead atoms. The van der Waals surface area contributed by atoms with Crippen LogP contribution >= 0.6 is 22.9 Å². The van der Waals surface area contributed by atoms with Crippen LogP contribution in [0, 0.1) is 10.1 Å². The number of rotatable bonds is 5. The zero-order valence-corrected chi connectivity index (χ0v) is 18.0. The molecule has 1 aromatic heterocycles. The number of hydrogen-bond acceptors (Lipinski definition) is 6. The van der Waals surface area contributed by atoms with Crippen LogP contribution in [-0.4, -0.2) is 65.3 Å². The Morgan fingerprint density at radius 2 is 1.90 bits per heavy atom. The van der Waals surface area contributed by atoms with Gasteiger partial charge in [-0.3, -0.25) is 24.6 Å². The molecule has 1 N–H and O–H groups in total. The number of benzene rings is 1. The molecule has 2 aromatic rings. The lowest BCUT2D eigenvalue weighted by Gasteiger charge is -2.34. The summed E-state index contributed by atoms with van der Waals surface area (Å²) in [5.41, 5.74) is -0.0242. The zero-order valence-electron chi connectivity index (χ0n) is 16.4. The maximum Gasteiger partial charge on any atom is 0.270 e. The van der Waals surface area contributed by atoms with Gasteiger partial charge in [0.05, 0.1) is 16.5 Å². The predicted octanol–water partition coefficient (Wildman–Crippen LogP) is 3.28. The number of nitro groups is 1. The second-order valence-corrected chi connectivity index (χ2v) is 9.23. The third-order valence-electron chi connectivity index (χ3n) is 5.77. The summed E-state index contributed by atoms with van der Waals surface area (Å²) in [5.74, 6) is -0.116. The van der Waals surface area contributed by atoms with Gasteiger partial charge in [0.15, 0.2) is 0 Å². The molecule has 2 heterocycles. The number of thiophene rings is 1. The largest absolute Gasteiger partial charge is 0.352 e. The number of nitrogens with one attached hydrogen (secondary N) is 1. The van der Waals surface area contributed by atoms with Gasteiger partial charge in [0.1, 0.15) is 4.88 Å². The van der Waals surface area contributed by atoms with Crippen molar-refractivity contribution in [1.82, 2.24) is 15.1 Å². The predicted molar refractivity (Wildman–Crippen MR) is 116 cm³/mol. The number of nitro benzene ring substituents is 1. The van der Waals surface area contributed by atoms with Gasteiger partial charge in [0.25, 0.3) is 11.6 Å². The van der Waals surface area contributed by atoms with Gasteiger partial charge in [0, 0.05) is 54.4 Å². The average Bonchev–Trinajstić information content (AvgIpc) is 3.35. The first-order valence-electron chi connectivity index (χ1n) is 10.1. The minimum atomic E-state index is -0.462. The molecule has 1 aliphatic heterocycles. The molecule has 1 saturated carbocycles. The van der Waals surface area contributed by atoms with Crippen LogP contribution in [0.3, 0.4) is 0 Å². The highest BCUT2D eigenvalue weighted by molar-refractivity contribution is 7.21. The Kier molecular flexibility index (Phi) is 6.21. The summed E-state index contributed by atoms with van der Waals surface area (Å²) in [7, 11) is 0. The Morgan fingerprint density at radius 1 is 1.20 bits per heavy atom. The number of hydrogen-bond donors (Lipinski definition) is 1. The summed E-state index contributed by atoms with van der Waals surface area (Å²) in [6.07, 6.45) is 4.49. The van der Waals surface area contributed by atoms with Crippen molar-refractivity contribution in [3.8, 4) is 0 Å². The first-order chi connectivity index (χ1) is 14.4. The molecule has 0 spiro atoms. The van der Waals surface area contributed by atoms with Crippen molar-refractivity contribution in [1.29, 1.82) is 0 Å². The Hall–Kier alpha value is -2.23. The summed E-state index contributed by atoms with van der Waals surface area (Å²) < 4.78 is 0.625. The monoisotopic (exact) mass is 450 g/mol. The van der Waals surface area contributed by atoms with E-state index in [1.807, 2.05) is 0 Å². The van der Waals surface area contributed by atoms with E-state index in [0.29, 0.717) is 58.8 Å². The molecule has 0 atom stereocenters. The third-order valence-corrected chi connectivity index (χ3v) is 7.41. The van der Waals surface area contributed by atoms with Crippen molar-refractivity contribution in [2.75, 3.05) is 32.7 Å². The Labute approximate surface area is 182 Å². The Balaban J connectivity index is 1.36. The van der Waals surface area contributed by atoms with Crippen molar-refractivity contribution < 1.29 is 14.5 Å². The number of amides is 2. The molecule has 8 nitrogen and oxygen atoms in total. The fourth-order valence-electron chi connectivity index (χ4n) is 4.10. The summed E-state index contributed by atoms with van der Waals surface area (Å²) in [6.45, 7) is 2.63. The highest BCUT2D eigenvalue weighted by Gasteiger charge is 2.27. The van der Waals surface area contributed by atoms with Crippen molar-refractivity contribution in [3.63, 3.8) is 0 Å². The standard InChI is InChI=1S/C20H23ClN4O4S/c21-18-15-6-5-14(25(28)29)11-16(15)30-19(18)20(27)24-9-7-23(8-10-24)12-17(26)22-13-3-1-2-4-13/h5-6,11,13H,1-4,7-10,12H2,(H,22,26). The minimum absolute atomic E-state index is 0.0242. The molecule has 1 saturated heterocycles. The summed E-state index contributed by atoms with van der Waals surface area (Å²) in [5, 5.41) is 15.1. The van der Waals surface area contributed by atoms with E-state index in [-0.39, 0.29) is 17.5 Å². The molecule has 10 heteroatoms. The van der Waals surface area contributed by atoms with Gasteiger partial charge in [0.2, 0.25) is 5.91 Å². The van der Waals surface area contributed by atoms with Gasteiger partial charge in [-0.15, -0.1) is 11.3 Å². The second kappa shape index (κ2) is 8.87. The van der Waals surface area contributed by atoms with Crippen molar-refractivity contribution in [2.45, 2.75) is 31.7 Å². The SMILES string of the molecule is O=C(CN1CCN(C(=O)c2sc3cc([N+](=O)[O-])ccc3c2Cl)CC1)NC1CCCC1. The highest BCUT2D eigenvalue weighted by atomic mass is 35.5. The summed E-state index contributed by atoms with van der Waals surface area (Å²) in [4.78, 5) is 39.9. The Morgan fingerprint density at radius 3 is 2.57 bits per heavy atom. The van der Waals surface area contributed by atoms with Gasteiger partial charge in [-0.25, -0.2) is 0 Å². The molecule has 2 amide bonds. The van der Waals surface area contributed by atoms with E-state index in [4.69, 9.17) is 11.6 Å². The van der Waals surface area contributed by atoms with Crippen molar-refractivity contribution in [2.24, 2.45) is 0 Å². The van der Waals surface area contributed by atoms with Gasteiger partial charge in [-0.05, 0) is 18.9 Å². The summed E-state index contributed by atoms with van der Waals surface area (Å²) in [6, 6.07) is 4.74. The first kappa shape index (κ1) is 21.0. The maximum absolute atomic E-state index is 13.0. The van der Waals surface area contributed by atoms with Gasteiger partial charge < -0.3 is 10.2 Å². The van der Waals surface area contributed by atoms with E-state index in [1.165, 1.54) is 36.3 Å². The second-order valence-electron chi connectivity index (χ2n) is 7.80. The Bertz CT molecular complexity index is 981. The van der Waals surface area contributed by atoms with E-state index in [1.54, 1.807) is 11.0 Å². The van der Waals surface area contributed by atoms with E-state index in [2.05, 4.69) is 10.2 Å². The molecule has 0 radical (unpaired) electrons. The van der Waals surface area contributed by atoms with Crippen LogP contribution in [-0.2, 0) is 4.79 Å². The maximum atomic E-state index is 13.0. The van der Waals surface area contributed by atoms with E-state index in [9.17, 15) is 19.7 Å². The lowest BCUT2D eigenvalue weighted by atomic mass is 10.2. The van der Waals surface area contributed by atoms with Crippen LogP contribution in [0.1, 0.15) is 35.4 Å². The molecule has 1 aliphatic carbocycles. The van der Waals surface area contributed by atoms with Crippen LogP contribution in [0.5, 0.6) is 0 Å². The van der Waals surface area contributed by atoms with E-state index in [0.717, 1.165) is 12.8 Å². The molecule has 2 aliphatic rings. The number of halogens is 1. The number of fused-ring (bicyclic) bond motifs is 1. The molecular formula is C20H23ClN4O4S. The normalized spacial score (nSPS) is 18.1. The van der Waals surface area contributed by atoms with Crippen LogP contribution in [0.25, 0.3) is 10.1 Å². The molecule has 0 unspecified atom stereocenters. The average molecular weight is 451 g/mol. The van der Waals surface area contributed by atoms with Crippen LogP contribution < -0.4 is 5.32 Å². The van der Waals surface area contributed by atoms with Gasteiger partial charge >= 0.3 is 0 Å². The molecule has 1 aromatic carbocycles. The molecular weight excluding hydrogens is 428 g/mol. The fraction of sp³-hybridized carbons (Fsp3) is 0.500. The third kappa shape index (κ3) is 4.43. The quantitative estimate of drug-likeness (QED) is 0.557. The van der Waals surface area contributed by atoms with Gasteiger partial charge in [-0.1, -0.05) is 24.4 Å². The fourth-order valence-corrected chi connectivity index (χ4v) is 5.62. The number of carbonyl (C=O) groups excluding carboxylic acids is 2. The van der Waals surface area contributed by atoms with E-state index >= 15 is 0 Å². The van der Waals surface area contributed by atoms with Crippen molar-refractivity contribution in [3.05, 3.63) is 38.2 Å². The summed E-state index contributed by atoms with van der Waals surface area (Å²) >= 11 is 7.59. The first-order valence-corrected chi connectivity index (χ1v) is 11.3. The van der Waals surface area contributed by atoms with Crippen LogP contribution in [0.15, 0.2) is 18.2 Å². The minimum Gasteiger partial charge on any atom is -0.352 e. The molecule has 2 fully saturated rings. The van der Waals surface area contributed by atoms with Gasteiger partial charge in [-0.2, -0.15) is 0 Å². The van der Waals surface area contributed by atoms with Crippen LogP contribution in [0.2, 0.25) is 5.02 Å². The van der Waals surface area contributed by atoms with Crippen LogP contribution in [0.4, 0.5) is 5.69 Å². The van der Waals surface area contributed by atoms with Crippen molar-refractivity contribution >= 4 is 50.5 Å². The zero-order chi connectivity index (χ0) is 21.3. The number of nitrogens with zero attached hydrogens (tertiary/aromatic N) is 3. The highest BCUT2D eigenvalue weighted by Crippen LogP contribution is 2.38. The molecule has 4 rings (SSSR count). The lowest BCUT2D eigenvalue weighted by Crippen LogP contribution is -2.51. The molecule has 160 valence electrons. The number of piperazine rings is 1. The number of carbonyl (C=O) groups is 2.